The van der Waals surface area contributed by atoms with E-state index in [9.17, 15) is 5.11 Å². The van der Waals surface area contributed by atoms with E-state index in [-0.39, 0.29) is 6.10 Å². The molecule has 4 nitrogen and oxygen atoms in total. The van der Waals surface area contributed by atoms with Gasteiger partial charge in [0.1, 0.15) is 0 Å². The SMILES string of the molecule is CCCn1nc(C)c(CN(Cc2ccc(C)s2)C[C@H](C)O)c1C. The number of hydrogen-bond donors (Lipinski definition) is 1. The van der Waals surface area contributed by atoms with Gasteiger partial charge in [0.15, 0.2) is 0 Å². The van der Waals surface area contributed by atoms with Gasteiger partial charge in [-0.1, -0.05) is 6.92 Å². The van der Waals surface area contributed by atoms with Crippen LogP contribution in [-0.2, 0) is 19.6 Å². The van der Waals surface area contributed by atoms with E-state index in [0.29, 0.717) is 6.54 Å². The summed E-state index contributed by atoms with van der Waals surface area (Å²) in [4.78, 5) is 5.00. The van der Waals surface area contributed by atoms with Crippen molar-refractivity contribution in [2.24, 2.45) is 0 Å². The summed E-state index contributed by atoms with van der Waals surface area (Å²) < 4.78 is 2.11. The van der Waals surface area contributed by atoms with Crippen molar-refractivity contribution < 1.29 is 5.11 Å². The average molecular weight is 336 g/mol. The molecule has 0 unspecified atom stereocenters. The van der Waals surface area contributed by atoms with Crippen molar-refractivity contribution in [3.05, 3.63) is 38.8 Å². The van der Waals surface area contributed by atoms with Crippen LogP contribution in [0.25, 0.3) is 0 Å². The Labute approximate surface area is 143 Å². The van der Waals surface area contributed by atoms with Crippen molar-refractivity contribution in [3.8, 4) is 0 Å². The summed E-state index contributed by atoms with van der Waals surface area (Å²) in [5.41, 5.74) is 3.66. The summed E-state index contributed by atoms with van der Waals surface area (Å²) in [6.07, 6.45) is 0.759. The monoisotopic (exact) mass is 335 g/mol. The molecule has 0 radical (unpaired) electrons. The Hall–Kier alpha value is -1.17. The highest BCUT2D eigenvalue weighted by atomic mass is 32.1. The Morgan fingerprint density at radius 2 is 2.00 bits per heavy atom. The molecule has 2 aromatic heterocycles. The molecule has 128 valence electrons. The van der Waals surface area contributed by atoms with Crippen LogP contribution < -0.4 is 0 Å². The second kappa shape index (κ2) is 8.08. The van der Waals surface area contributed by atoms with Gasteiger partial charge in [-0.3, -0.25) is 9.58 Å². The number of aliphatic hydroxyl groups excluding tert-OH is 1. The van der Waals surface area contributed by atoms with E-state index in [1.807, 2.05) is 18.3 Å². The van der Waals surface area contributed by atoms with Crippen LogP contribution in [-0.4, -0.2) is 32.4 Å². The predicted molar refractivity (Wildman–Crippen MR) is 96.8 cm³/mol. The summed E-state index contributed by atoms with van der Waals surface area (Å²) >= 11 is 1.83. The average Bonchev–Trinajstić information content (AvgIpc) is 2.97. The minimum Gasteiger partial charge on any atom is -0.392 e. The lowest BCUT2D eigenvalue weighted by atomic mass is 10.1. The van der Waals surface area contributed by atoms with Gasteiger partial charge in [0.25, 0.3) is 0 Å². The lowest BCUT2D eigenvalue weighted by Crippen LogP contribution is -2.30. The molecule has 23 heavy (non-hydrogen) atoms. The molecule has 0 fully saturated rings. The van der Waals surface area contributed by atoms with E-state index in [0.717, 1.165) is 31.7 Å². The first-order valence-corrected chi connectivity index (χ1v) is 9.21. The summed E-state index contributed by atoms with van der Waals surface area (Å²) in [5, 5.41) is 14.5. The number of rotatable bonds is 8. The summed E-state index contributed by atoms with van der Waals surface area (Å²) in [7, 11) is 0. The van der Waals surface area contributed by atoms with Gasteiger partial charge in [0.05, 0.1) is 11.8 Å². The molecule has 1 atom stereocenters. The van der Waals surface area contributed by atoms with E-state index in [1.54, 1.807) is 0 Å². The molecule has 0 saturated carbocycles. The van der Waals surface area contributed by atoms with Crippen LogP contribution in [0.3, 0.4) is 0 Å². The summed E-state index contributed by atoms with van der Waals surface area (Å²) in [6, 6.07) is 4.35. The van der Waals surface area contributed by atoms with Crippen molar-refractivity contribution in [1.29, 1.82) is 0 Å². The lowest BCUT2D eigenvalue weighted by molar-refractivity contribution is 0.118. The van der Waals surface area contributed by atoms with E-state index < -0.39 is 0 Å². The Morgan fingerprint density at radius 1 is 1.26 bits per heavy atom. The van der Waals surface area contributed by atoms with E-state index in [2.05, 4.69) is 54.5 Å². The van der Waals surface area contributed by atoms with Gasteiger partial charge < -0.3 is 5.11 Å². The quantitative estimate of drug-likeness (QED) is 0.800. The third kappa shape index (κ3) is 4.90. The molecule has 0 aromatic carbocycles. The van der Waals surface area contributed by atoms with Gasteiger partial charge in [-0.15, -0.1) is 11.3 Å². The highest BCUT2D eigenvalue weighted by Crippen LogP contribution is 2.21. The molecule has 1 N–H and O–H groups in total. The maximum Gasteiger partial charge on any atom is 0.0641 e. The third-order valence-corrected chi connectivity index (χ3v) is 5.03. The number of aromatic nitrogens is 2. The molecule has 5 heteroatoms. The molecular weight excluding hydrogens is 306 g/mol. The molecule has 0 bridgehead atoms. The predicted octanol–water partition coefficient (Wildman–Crippen LogP) is 3.66. The maximum absolute atomic E-state index is 9.85. The van der Waals surface area contributed by atoms with E-state index in [4.69, 9.17) is 0 Å². The molecule has 0 spiro atoms. The highest BCUT2D eigenvalue weighted by molar-refractivity contribution is 7.11. The molecule has 0 amide bonds. The summed E-state index contributed by atoms with van der Waals surface area (Å²) in [6.45, 7) is 13.8. The molecule has 0 aliphatic heterocycles. The number of aliphatic hydroxyl groups is 1. The van der Waals surface area contributed by atoms with Crippen molar-refractivity contribution in [3.63, 3.8) is 0 Å². The van der Waals surface area contributed by atoms with Gasteiger partial charge in [-0.25, -0.2) is 0 Å². The normalized spacial score (nSPS) is 13.0. The molecule has 2 heterocycles. The second-order valence-corrected chi connectivity index (χ2v) is 7.78. The Balaban J connectivity index is 2.17. The van der Waals surface area contributed by atoms with Crippen molar-refractivity contribution in [2.75, 3.05) is 6.54 Å². The van der Waals surface area contributed by atoms with Crippen molar-refractivity contribution >= 4 is 11.3 Å². The fraction of sp³-hybridized carbons (Fsp3) is 0.611. The van der Waals surface area contributed by atoms with Crippen LogP contribution in [0.5, 0.6) is 0 Å². The number of thiophene rings is 1. The van der Waals surface area contributed by atoms with Crippen LogP contribution in [0.4, 0.5) is 0 Å². The minimum absolute atomic E-state index is 0.331. The molecule has 0 saturated heterocycles. The van der Waals surface area contributed by atoms with Crippen LogP contribution in [0.1, 0.15) is 47.0 Å². The highest BCUT2D eigenvalue weighted by Gasteiger charge is 2.17. The second-order valence-electron chi connectivity index (χ2n) is 6.40. The molecule has 2 aromatic rings. The smallest absolute Gasteiger partial charge is 0.0641 e. The molecular formula is C18H29N3OS. The van der Waals surface area contributed by atoms with E-state index >= 15 is 0 Å². The molecule has 0 aliphatic carbocycles. The fourth-order valence-corrected chi connectivity index (χ4v) is 3.90. The Kier molecular flexibility index (Phi) is 6.39. The number of hydrogen-bond acceptors (Lipinski definition) is 4. The van der Waals surface area contributed by atoms with E-state index in [1.165, 1.54) is 21.0 Å². The Bertz CT molecular complexity index is 630. The standard InChI is InChI=1S/C18H29N3OS/c1-6-9-21-16(5)18(15(4)19-21)12-20(10-13(2)22)11-17-8-7-14(3)23-17/h7-8,13,22H,6,9-12H2,1-5H3/t13-/m0/s1. The topological polar surface area (TPSA) is 41.3 Å². The summed E-state index contributed by atoms with van der Waals surface area (Å²) in [5.74, 6) is 0. The zero-order chi connectivity index (χ0) is 17.0. The van der Waals surface area contributed by atoms with Crippen LogP contribution in [0.2, 0.25) is 0 Å². The van der Waals surface area contributed by atoms with Gasteiger partial charge in [0.2, 0.25) is 0 Å². The molecule has 2 rings (SSSR count). The van der Waals surface area contributed by atoms with Gasteiger partial charge in [-0.05, 0) is 46.2 Å². The van der Waals surface area contributed by atoms with Crippen LogP contribution >= 0.6 is 11.3 Å². The fourth-order valence-electron chi connectivity index (χ4n) is 2.97. The van der Waals surface area contributed by atoms with Crippen LogP contribution in [0, 0.1) is 20.8 Å². The first-order valence-electron chi connectivity index (χ1n) is 8.39. The van der Waals surface area contributed by atoms with Crippen LogP contribution in [0.15, 0.2) is 12.1 Å². The van der Waals surface area contributed by atoms with Gasteiger partial charge in [-0.2, -0.15) is 5.10 Å². The minimum atomic E-state index is -0.331. The van der Waals surface area contributed by atoms with Crippen molar-refractivity contribution in [2.45, 2.75) is 66.8 Å². The van der Waals surface area contributed by atoms with Gasteiger partial charge >= 0.3 is 0 Å². The maximum atomic E-state index is 9.85. The first-order chi connectivity index (χ1) is 10.9. The number of aryl methyl sites for hydroxylation is 3. The van der Waals surface area contributed by atoms with Crippen molar-refractivity contribution in [1.82, 2.24) is 14.7 Å². The first kappa shape index (κ1) is 18.2. The van der Waals surface area contributed by atoms with Gasteiger partial charge in [0, 0.05) is 47.2 Å². The zero-order valence-electron chi connectivity index (χ0n) is 15.0. The number of nitrogens with zero attached hydrogens (tertiary/aromatic N) is 3. The lowest BCUT2D eigenvalue weighted by Gasteiger charge is -2.23. The largest absolute Gasteiger partial charge is 0.392 e. The zero-order valence-corrected chi connectivity index (χ0v) is 15.8. The Morgan fingerprint density at radius 3 is 2.57 bits per heavy atom. The molecule has 0 aliphatic rings. The third-order valence-electron chi connectivity index (χ3n) is 4.05.